The Balaban J connectivity index is 4.34. The Morgan fingerprint density at radius 1 is 0.339 bits per heavy atom. The van der Waals surface area contributed by atoms with Crippen LogP contribution in [0, 0.1) is 0 Å². The minimum Gasteiger partial charge on any atom is -0.462 e. The van der Waals surface area contributed by atoms with Crippen molar-refractivity contribution in [2.24, 2.45) is 0 Å². The van der Waals surface area contributed by atoms with Crippen molar-refractivity contribution in [2.45, 2.75) is 290 Å². The van der Waals surface area contributed by atoms with Gasteiger partial charge < -0.3 is 14.2 Å². The van der Waals surface area contributed by atoms with Crippen LogP contribution in [0.1, 0.15) is 284 Å². The van der Waals surface area contributed by atoms with Gasteiger partial charge in [-0.15, -0.1) is 0 Å². The predicted molar refractivity (Wildman–Crippen MR) is 266 cm³/mol. The van der Waals surface area contributed by atoms with Crippen molar-refractivity contribution in [3.05, 3.63) is 36.5 Å². The molecule has 0 unspecified atom stereocenters. The van der Waals surface area contributed by atoms with E-state index in [1.807, 2.05) is 0 Å². The standard InChI is InChI=1S/C56H102O6/c1-4-7-10-13-16-19-22-25-27-28-30-31-34-37-40-43-46-49-55(58)61-52-53(51-60-54(57)48-45-42-39-36-33-24-21-18-15-12-9-6-3)62-56(59)50-47-44-41-38-35-32-29-26-23-20-17-14-11-8-5-2/h8,11,17,20,26,29,53H,4-7,9-10,12-16,18-19,21-25,27-28,30-52H2,1-3H3/b11-8-,20-17-,29-26-/t53-/m1/s1. The highest BCUT2D eigenvalue weighted by Crippen LogP contribution is 2.16. The van der Waals surface area contributed by atoms with Crippen LogP contribution in [0.2, 0.25) is 0 Å². The van der Waals surface area contributed by atoms with E-state index in [1.165, 1.54) is 148 Å². The second-order valence-electron chi connectivity index (χ2n) is 18.1. The van der Waals surface area contributed by atoms with Crippen molar-refractivity contribution in [1.82, 2.24) is 0 Å². The fourth-order valence-corrected chi connectivity index (χ4v) is 7.87. The molecule has 0 aromatic carbocycles. The van der Waals surface area contributed by atoms with Crippen LogP contribution in [0.5, 0.6) is 0 Å². The molecule has 0 N–H and O–H groups in total. The van der Waals surface area contributed by atoms with Crippen LogP contribution in [-0.4, -0.2) is 37.2 Å². The second kappa shape index (κ2) is 51.3. The summed E-state index contributed by atoms with van der Waals surface area (Å²) in [6.45, 7) is 6.54. The van der Waals surface area contributed by atoms with E-state index >= 15 is 0 Å². The van der Waals surface area contributed by atoms with Crippen molar-refractivity contribution in [3.8, 4) is 0 Å². The molecular formula is C56H102O6. The Morgan fingerprint density at radius 2 is 0.629 bits per heavy atom. The molecule has 62 heavy (non-hydrogen) atoms. The van der Waals surface area contributed by atoms with E-state index in [9.17, 15) is 14.4 Å². The van der Waals surface area contributed by atoms with Crippen molar-refractivity contribution < 1.29 is 28.6 Å². The fraction of sp³-hybridized carbons (Fsp3) is 0.839. The van der Waals surface area contributed by atoms with Crippen LogP contribution >= 0.6 is 0 Å². The Hall–Kier alpha value is -2.37. The number of hydrogen-bond acceptors (Lipinski definition) is 6. The summed E-state index contributed by atoms with van der Waals surface area (Å²) in [5.41, 5.74) is 0. The van der Waals surface area contributed by atoms with E-state index in [4.69, 9.17) is 14.2 Å². The molecule has 0 bridgehead atoms. The minimum atomic E-state index is -0.776. The molecule has 0 rings (SSSR count). The number of carbonyl (C=O) groups is 3. The van der Waals surface area contributed by atoms with E-state index in [1.54, 1.807) is 0 Å². The number of allylic oxidation sites excluding steroid dienone is 6. The zero-order valence-corrected chi connectivity index (χ0v) is 41.4. The molecule has 0 saturated heterocycles. The molecule has 0 aromatic rings. The topological polar surface area (TPSA) is 78.9 Å². The third-order valence-corrected chi connectivity index (χ3v) is 11.9. The highest BCUT2D eigenvalue weighted by atomic mass is 16.6. The van der Waals surface area contributed by atoms with Gasteiger partial charge in [-0.25, -0.2) is 0 Å². The number of esters is 3. The van der Waals surface area contributed by atoms with Crippen molar-refractivity contribution in [1.29, 1.82) is 0 Å². The number of carbonyl (C=O) groups excluding carboxylic acids is 3. The van der Waals surface area contributed by atoms with Crippen LogP contribution < -0.4 is 0 Å². The van der Waals surface area contributed by atoms with Crippen molar-refractivity contribution in [3.63, 3.8) is 0 Å². The fourth-order valence-electron chi connectivity index (χ4n) is 7.87. The number of rotatable bonds is 49. The Bertz CT molecular complexity index is 1050. The Labute approximate surface area is 385 Å². The summed E-state index contributed by atoms with van der Waals surface area (Å²) in [6, 6.07) is 0. The molecule has 6 heteroatoms. The normalized spacial score (nSPS) is 12.2. The minimum absolute atomic E-state index is 0.0748. The van der Waals surface area contributed by atoms with Crippen LogP contribution in [0.15, 0.2) is 36.5 Å². The first-order chi connectivity index (χ1) is 30.5. The van der Waals surface area contributed by atoms with Gasteiger partial charge in [0.1, 0.15) is 13.2 Å². The Morgan fingerprint density at radius 3 is 0.984 bits per heavy atom. The maximum absolute atomic E-state index is 12.8. The zero-order valence-electron chi connectivity index (χ0n) is 41.4. The largest absolute Gasteiger partial charge is 0.462 e. The van der Waals surface area contributed by atoms with Gasteiger partial charge >= 0.3 is 17.9 Å². The first-order valence-corrected chi connectivity index (χ1v) is 27.0. The monoisotopic (exact) mass is 871 g/mol. The lowest BCUT2D eigenvalue weighted by Crippen LogP contribution is -2.30. The average molecular weight is 871 g/mol. The van der Waals surface area contributed by atoms with Gasteiger partial charge in [-0.1, -0.05) is 250 Å². The number of unbranched alkanes of at least 4 members (excludes halogenated alkanes) is 32. The van der Waals surface area contributed by atoms with E-state index in [-0.39, 0.29) is 31.1 Å². The summed E-state index contributed by atoms with van der Waals surface area (Å²) in [5.74, 6) is -0.877. The lowest BCUT2D eigenvalue weighted by Gasteiger charge is -2.18. The molecular weight excluding hydrogens is 769 g/mol. The molecule has 0 aliphatic carbocycles. The third-order valence-electron chi connectivity index (χ3n) is 11.9. The molecule has 1 atom stereocenters. The van der Waals surface area contributed by atoms with Crippen molar-refractivity contribution in [2.75, 3.05) is 13.2 Å². The first-order valence-electron chi connectivity index (χ1n) is 27.0. The predicted octanol–water partition coefficient (Wildman–Crippen LogP) is 17.7. The van der Waals surface area contributed by atoms with Crippen LogP contribution in [0.4, 0.5) is 0 Å². The SMILES string of the molecule is CC/C=C\C/C=C\C/C=C\CCCCCCCC(=O)O[C@H](COC(=O)CCCCCCCCCCCCCC)COC(=O)CCCCCCCCCCCCCCCCCCC. The second-order valence-corrected chi connectivity index (χ2v) is 18.1. The van der Waals surface area contributed by atoms with Gasteiger partial charge in [0.15, 0.2) is 6.10 Å². The highest BCUT2D eigenvalue weighted by Gasteiger charge is 2.19. The van der Waals surface area contributed by atoms with Gasteiger partial charge in [0, 0.05) is 19.3 Å². The van der Waals surface area contributed by atoms with Crippen molar-refractivity contribution >= 4 is 17.9 Å². The summed E-state index contributed by atoms with van der Waals surface area (Å²) in [6.07, 6.45) is 59.8. The van der Waals surface area contributed by atoms with E-state index < -0.39 is 6.10 Å². The lowest BCUT2D eigenvalue weighted by atomic mass is 10.0. The van der Waals surface area contributed by atoms with Gasteiger partial charge in [0.05, 0.1) is 0 Å². The van der Waals surface area contributed by atoms with E-state index in [0.717, 1.165) is 96.3 Å². The summed E-state index contributed by atoms with van der Waals surface area (Å²) >= 11 is 0. The average Bonchev–Trinajstić information content (AvgIpc) is 3.27. The molecule has 0 aliphatic heterocycles. The molecule has 0 spiro atoms. The quantitative estimate of drug-likeness (QED) is 0.0262. The highest BCUT2D eigenvalue weighted by molar-refractivity contribution is 5.71. The van der Waals surface area contributed by atoms with Gasteiger partial charge in [-0.3, -0.25) is 14.4 Å². The lowest BCUT2D eigenvalue weighted by molar-refractivity contribution is -0.167. The molecule has 0 heterocycles. The molecule has 6 nitrogen and oxygen atoms in total. The first kappa shape index (κ1) is 59.6. The molecule has 0 aliphatic rings. The summed E-state index contributed by atoms with van der Waals surface area (Å²) in [5, 5.41) is 0. The summed E-state index contributed by atoms with van der Waals surface area (Å²) < 4.78 is 16.8. The van der Waals surface area contributed by atoms with Gasteiger partial charge in [-0.2, -0.15) is 0 Å². The number of ether oxygens (including phenoxy) is 3. The molecule has 362 valence electrons. The summed E-state index contributed by atoms with van der Waals surface area (Å²) in [4.78, 5) is 38.0. The molecule has 0 radical (unpaired) electrons. The van der Waals surface area contributed by atoms with Gasteiger partial charge in [0.2, 0.25) is 0 Å². The van der Waals surface area contributed by atoms with Gasteiger partial charge in [-0.05, 0) is 51.4 Å². The van der Waals surface area contributed by atoms with Crippen LogP contribution in [0.3, 0.4) is 0 Å². The third kappa shape index (κ3) is 48.7. The van der Waals surface area contributed by atoms with Crippen LogP contribution in [-0.2, 0) is 28.6 Å². The molecule has 0 amide bonds. The van der Waals surface area contributed by atoms with Gasteiger partial charge in [0.25, 0.3) is 0 Å². The molecule has 0 fully saturated rings. The number of hydrogen-bond donors (Lipinski definition) is 0. The van der Waals surface area contributed by atoms with Crippen LogP contribution in [0.25, 0.3) is 0 Å². The van der Waals surface area contributed by atoms with E-state index in [2.05, 4.69) is 57.2 Å². The summed E-state index contributed by atoms with van der Waals surface area (Å²) in [7, 11) is 0. The molecule has 0 aromatic heterocycles. The van der Waals surface area contributed by atoms with E-state index in [0.29, 0.717) is 19.3 Å². The zero-order chi connectivity index (χ0) is 45.1. The maximum Gasteiger partial charge on any atom is 0.306 e. The maximum atomic E-state index is 12.8. The smallest absolute Gasteiger partial charge is 0.306 e. The molecule has 0 saturated carbocycles. The Kier molecular flexibility index (Phi) is 49.3.